The highest BCUT2D eigenvalue weighted by molar-refractivity contribution is 6.68. The molecule has 0 aromatic heterocycles. The molecule has 0 radical (unpaired) electrons. The van der Waals surface area contributed by atoms with Crippen molar-refractivity contribution in [3.63, 3.8) is 0 Å². The predicted octanol–water partition coefficient (Wildman–Crippen LogP) is 2.07. The first kappa shape index (κ1) is 25.3. The number of rotatable bonds is 8. The molecule has 0 unspecified atom stereocenters. The number of nitrogens with zero attached hydrogens (tertiary/aromatic N) is 1. The molecule has 2 aliphatic heterocycles. The predicted molar refractivity (Wildman–Crippen MR) is 123 cm³/mol. The topological polar surface area (TPSA) is 111 Å². The van der Waals surface area contributed by atoms with Crippen LogP contribution in [-0.2, 0) is 23.7 Å². The summed E-state index contributed by atoms with van der Waals surface area (Å²) in [6.07, 6.45) is 0.410. The second kappa shape index (κ2) is 9.52. The average Bonchev–Trinajstić information content (AvgIpc) is 3.15. The molecule has 1 aromatic carbocycles. The lowest BCUT2D eigenvalue weighted by Crippen LogP contribution is -2.75. The molecule has 9 nitrogen and oxygen atoms in total. The molecule has 2 aliphatic rings. The van der Waals surface area contributed by atoms with Crippen LogP contribution >= 0.6 is 23.2 Å². The third kappa shape index (κ3) is 4.83. The molecule has 180 valence electrons. The molecular formula is C21H28BCl2N3O6. The van der Waals surface area contributed by atoms with Gasteiger partial charge in [-0.1, -0.05) is 37.0 Å². The molecule has 2 amide bonds. The van der Waals surface area contributed by atoms with Gasteiger partial charge < -0.3 is 24.3 Å². The number of carbonyl (C=O) groups excluding carboxylic acids is 4. The van der Waals surface area contributed by atoms with E-state index in [1.54, 1.807) is 6.07 Å². The van der Waals surface area contributed by atoms with Crippen LogP contribution in [-0.4, -0.2) is 66.5 Å². The van der Waals surface area contributed by atoms with Gasteiger partial charge in [-0.25, -0.2) is 0 Å². The number of quaternary nitrogens is 1. The molecule has 0 saturated carbocycles. The van der Waals surface area contributed by atoms with Crippen molar-refractivity contribution < 1.29 is 32.9 Å². The Kier molecular flexibility index (Phi) is 7.31. The van der Waals surface area contributed by atoms with Crippen LogP contribution in [0.15, 0.2) is 18.2 Å². The van der Waals surface area contributed by atoms with Gasteiger partial charge in [-0.05, 0) is 44.4 Å². The van der Waals surface area contributed by atoms with Gasteiger partial charge in [0.15, 0.2) is 0 Å². The van der Waals surface area contributed by atoms with Crippen molar-refractivity contribution in [2.75, 3.05) is 19.6 Å². The van der Waals surface area contributed by atoms with Crippen LogP contribution in [0.1, 0.15) is 44.5 Å². The number of carbonyl (C=O) groups is 4. The highest BCUT2D eigenvalue weighted by Gasteiger charge is 2.71. The second-order valence-corrected chi connectivity index (χ2v) is 10.2. The lowest BCUT2D eigenvalue weighted by Gasteiger charge is -2.50. The summed E-state index contributed by atoms with van der Waals surface area (Å²) in [6.45, 7) is 4.81. The van der Waals surface area contributed by atoms with Crippen LogP contribution < -0.4 is 10.6 Å². The fourth-order valence-corrected chi connectivity index (χ4v) is 5.18. The molecule has 2 heterocycles. The number of benzene rings is 1. The van der Waals surface area contributed by atoms with E-state index in [2.05, 4.69) is 10.6 Å². The number of hydrogen-bond donors (Lipinski definition) is 2. The van der Waals surface area contributed by atoms with Crippen LogP contribution in [0.2, 0.25) is 10.0 Å². The van der Waals surface area contributed by atoms with Gasteiger partial charge in [0.05, 0.1) is 23.1 Å². The van der Waals surface area contributed by atoms with Gasteiger partial charge in [0.1, 0.15) is 13.1 Å². The molecule has 0 bridgehead atoms. The maximum atomic E-state index is 12.8. The van der Waals surface area contributed by atoms with E-state index in [1.807, 2.05) is 27.7 Å². The molecule has 2 saturated heterocycles. The largest absolute Gasteiger partial charge is 0.605 e. The standard InChI is InChI=1S/C21H28BCl2N3O6/c1-12(2)7-17(22-27(13(3)4,10-19(29)32-22)11-20(30)33-22)26-18(28)9-25-21(31)15-8-14(23)5-6-16(15)24/h5-6,8,12-13,17H,7,9-11H2,1-4H3,(H,25,31)(H,26,28)/t17-,22?,27?/m0/s1. The van der Waals surface area contributed by atoms with E-state index in [1.165, 1.54) is 12.1 Å². The van der Waals surface area contributed by atoms with Crippen molar-refractivity contribution in [3.8, 4) is 0 Å². The number of hydrogen-bond acceptors (Lipinski definition) is 6. The SMILES string of the molecule is CC(C)C[C@H](NC(=O)CNC(=O)c1cc(Cl)ccc1Cl)[B-]12OC(=O)C[N+]1(C(C)C)CC(=O)O2. The minimum absolute atomic E-state index is 0.00211. The van der Waals surface area contributed by atoms with Crippen molar-refractivity contribution in [1.82, 2.24) is 10.6 Å². The minimum atomic E-state index is -2.52. The summed E-state index contributed by atoms with van der Waals surface area (Å²) in [6, 6.07) is 4.30. The Bertz CT molecular complexity index is 967. The van der Waals surface area contributed by atoms with Crippen LogP contribution in [0.25, 0.3) is 0 Å². The molecule has 33 heavy (non-hydrogen) atoms. The number of halogens is 2. The second-order valence-electron chi connectivity index (χ2n) is 9.33. The smallest absolute Gasteiger partial charge is 0.599 e. The van der Waals surface area contributed by atoms with Crippen LogP contribution in [0.3, 0.4) is 0 Å². The Labute approximate surface area is 202 Å². The third-order valence-electron chi connectivity index (χ3n) is 6.36. The first-order valence-corrected chi connectivity index (χ1v) is 11.6. The van der Waals surface area contributed by atoms with E-state index < -0.39 is 36.4 Å². The van der Waals surface area contributed by atoms with Crippen molar-refractivity contribution in [2.45, 2.75) is 46.1 Å². The Hall–Kier alpha value is -2.30. The van der Waals surface area contributed by atoms with Crippen molar-refractivity contribution in [1.29, 1.82) is 0 Å². The number of nitrogens with one attached hydrogen (secondary N) is 2. The lowest BCUT2D eigenvalue weighted by atomic mass is 9.56. The van der Waals surface area contributed by atoms with Gasteiger partial charge in [-0.3, -0.25) is 19.2 Å². The normalized spacial score (nSPS) is 25.0. The van der Waals surface area contributed by atoms with Gasteiger partial charge in [0.2, 0.25) is 5.91 Å². The maximum Gasteiger partial charge on any atom is 0.605 e. The molecule has 0 aliphatic carbocycles. The van der Waals surface area contributed by atoms with E-state index in [4.69, 9.17) is 32.5 Å². The first-order valence-electron chi connectivity index (χ1n) is 10.9. The summed E-state index contributed by atoms with van der Waals surface area (Å²) < 4.78 is 11.4. The zero-order chi connectivity index (χ0) is 24.6. The minimum Gasteiger partial charge on any atom is -0.599 e. The summed E-state index contributed by atoms with van der Waals surface area (Å²) >= 11 is 12.0. The molecule has 1 atom stereocenters. The molecule has 2 N–H and O–H groups in total. The quantitative estimate of drug-likeness (QED) is 0.529. The Morgan fingerprint density at radius 2 is 1.70 bits per heavy atom. The fourth-order valence-electron chi connectivity index (χ4n) is 4.81. The zero-order valence-electron chi connectivity index (χ0n) is 19.0. The van der Waals surface area contributed by atoms with Crippen LogP contribution in [0.4, 0.5) is 0 Å². The van der Waals surface area contributed by atoms with E-state index in [-0.39, 0.29) is 46.6 Å². The van der Waals surface area contributed by atoms with E-state index >= 15 is 0 Å². The van der Waals surface area contributed by atoms with Crippen molar-refractivity contribution in [3.05, 3.63) is 33.8 Å². The molecule has 12 heteroatoms. The molecule has 3 rings (SSSR count). The fraction of sp³-hybridized carbons (Fsp3) is 0.524. The monoisotopic (exact) mass is 499 g/mol. The molecule has 2 fully saturated rings. The Morgan fingerprint density at radius 3 is 2.24 bits per heavy atom. The summed E-state index contributed by atoms with van der Waals surface area (Å²) in [5.74, 6) is -2.67. The summed E-state index contributed by atoms with van der Waals surface area (Å²) in [5, 5.41) is 5.90. The molecule has 0 spiro atoms. The third-order valence-corrected chi connectivity index (χ3v) is 6.92. The Morgan fingerprint density at radius 1 is 1.09 bits per heavy atom. The number of fused-ring (bicyclic) bond motifs is 1. The van der Waals surface area contributed by atoms with Crippen LogP contribution in [0.5, 0.6) is 0 Å². The summed E-state index contributed by atoms with van der Waals surface area (Å²) in [4.78, 5) is 50.1. The van der Waals surface area contributed by atoms with E-state index in [9.17, 15) is 19.2 Å². The van der Waals surface area contributed by atoms with Crippen LogP contribution in [0, 0.1) is 5.92 Å². The first-order chi connectivity index (χ1) is 15.4. The van der Waals surface area contributed by atoms with E-state index in [0.717, 1.165) is 0 Å². The zero-order valence-corrected chi connectivity index (χ0v) is 20.5. The molecular weight excluding hydrogens is 472 g/mol. The van der Waals surface area contributed by atoms with Gasteiger partial charge in [0, 0.05) is 11.1 Å². The van der Waals surface area contributed by atoms with Gasteiger partial charge in [-0.15, -0.1) is 0 Å². The van der Waals surface area contributed by atoms with Gasteiger partial charge in [-0.2, -0.15) is 0 Å². The van der Waals surface area contributed by atoms with Crippen molar-refractivity contribution in [2.24, 2.45) is 5.92 Å². The summed E-state index contributed by atoms with van der Waals surface area (Å²) in [7, 11) is 0. The Balaban J connectivity index is 1.80. The van der Waals surface area contributed by atoms with Crippen molar-refractivity contribution >= 4 is 53.6 Å². The summed E-state index contributed by atoms with van der Waals surface area (Å²) in [5.41, 5.74) is 0.142. The van der Waals surface area contributed by atoms with Gasteiger partial charge in [0.25, 0.3) is 5.91 Å². The number of amides is 2. The van der Waals surface area contributed by atoms with Gasteiger partial charge >= 0.3 is 18.6 Å². The molecule has 1 aromatic rings. The maximum absolute atomic E-state index is 12.8. The highest BCUT2D eigenvalue weighted by Crippen LogP contribution is 2.41. The van der Waals surface area contributed by atoms with E-state index in [0.29, 0.717) is 11.4 Å². The average molecular weight is 500 g/mol. The lowest BCUT2D eigenvalue weighted by molar-refractivity contribution is -0.839. The highest BCUT2D eigenvalue weighted by atomic mass is 35.5.